The number of sulfonamides is 1. The lowest BCUT2D eigenvalue weighted by Gasteiger charge is -2.42. The standard InChI is InChI=1S/C18H20N2O3S/c1-13-5-7-16(8-6-13)24(22,23)19-10-14-9-15(12-19)17-3-2-4-18(21)20(17)11-14/h2-8,14-15H,9-12H2,1H3/t14-,15+/m0/s1. The third-order valence-electron chi connectivity index (χ3n) is 5.11. The first kappa shape index (κ1) is 15.6. The third-order valence-corrected chi connectivity index (χ3v) is 6.95. The van der Waals surface area contributed by atoms with Crippen LogP contribution in [0.25, 0.3) is 0 Å². The molecule has 1 saturated heterocycles. The molecule has 0 radical (unpaired) electrons. The highest BCUT2D eigenvalue weighted by Gasteiger charge is 2.39. The fourth-order valence-electron chi connectivity index (χ4n) is 3.91. The second-order valence-electron chi connectivity index (χ2n) is 6.83. The van der Waals surface area contributed by atoms with Crippen molar-refractivity contribution in [2.45, 2.75) is 30.7 Å². The highest BCUT2D eigenvalue weighted by molar-refractivity contribution is 7.89. The van der Waals surface area contributed by atoms with Crippen molar-refractivity contribution in [3.8, 4) is 0 Å². The summed E-state index contributed by atoms with van der Waals surface area (Å²) < 4.78 is 29.3. The Hall–Kier alpha value is -1.92. The van der Waals surface area contributed by atoms with Crippen LogP contribution in [0.2, 0.25) is 0 Å². The molecule has 6 heteroatoms. The van der Waals surface area contributed by atoms with Gasteiger partial charge in [-0.3, -0.25) is 4.79 Å². The molecule has 0 saturated carbocycles. The van der Waals surface area contributed by atoms with Gasteiger partial charge >= 0.3 is 0 Å². The van der Waals surface area contributed by atoms with Gasteiger partial charge in [0.15, 0.2) is 0 Å². The first-order valence-electron chi connectivity index (χ1n) is 8.22. The Morgan fingerprint density at radius 2 is 1.75 bits per heavy atom. The molecule has 0 unspecified atom stereocenters. The summed E-state index contributed by atoms with van der Waals surface area (Å²) in [5.41, 5.74) is 2.01. The van der Waals surface area contributed by atoms with E-state index in [0.29, 0.717) is 24.5 Å². The molecule has 4 rings (SSSR count). The van der Waals surface area contributed by atoms with Crippen LogP contribution < -0.4 is 5.56 Å². The molecule has 2 aliphatic heterocycles. The maximum Gasteiger partial charge on any atom is 0.250 e. The topological polar surface area (TPSA) is 59.4 Å². The molecule has 0 amide bonds. The first-order chi connectivity index (χ1) is 11.4. The van der Waals surface area contributed by atoms with E-state index < -0.39 is 10.0 Å². The van der Waals surface area contributed by atoms with Gasteiger partial charge < -0.3 is 4.57 Å². The Kier molecular flexibility index (Phi) is 3.62. The molecule has 5 nitrogen and oxygen atoms in total. The van der Waals surface area contributed by atoms with Crippen molar-refractivity contribution in [1.29, 1.82) is 0 Å². The van der Waals surface area contributed by atoms with Crippen LogP contribution in [-0.4, -0.2) is 30.4 Å². The Balaban J connectivity index is 1.69. The predicted octanol–water partition coefficient (Wildman–Crippen LogP) is 1.96. The van der Waals surface area contributed by atoms with Crippen LogP contribution in [0.5, 0.6) is 0 Å². The molecule has 1 aromatic heterocycles. The number of nitrogens with zero attached hydrogens (tertiary/aromatic N) is 2. The van der Waals surface area contributed by atoms with Crippen LogP contribution in [0, 0.1) is 12.8 Å². The van der Waals surface area contributed by atoms with Gasteiger partial charge in [-0.05, 0) is 37.5 Å². The molecular formula is C18H20N2O3S. The molecule has 2 bridgehead atoms. The summed E-state index contributed by atoms with van der Waals surface area (Å²) in [6.45, 7) is 3.46. The van der Waals surface area contributed by atoms with Crippen LogP contribution in [-0.2, 0) is 16.6 Å². The fraction of sp³-hybridized carbons (Fsp3) is 0.389. The van der Waals surface area contributed by atoms with Crippen molar-refractivity contribution in [1.82, 2.24) is 8.87 Å². The minimum atomic E-state index is -3.49. The molecule has 1 fully saturated rings. The van der Waals surface area contributed by atoms with Gasteiger partial charge in [-0.25, -0.2) is 8.42 Å². The number of hydrogen-bond donors (Lipinski definition) is 0. The summed E-state index contributed by atoms with van der Waals surface area (Å²) in [5.74, 6) is 0.281. The Morgan fingerprint density at radius 1 is 1.00 bits per heavy atom. The summed E-state index contributed by atoms with van der Waals surface area (Å²) >= 11 is 0. The van der Waals surface area contributed by atoms with Gasteiger partial charge in [0.25, 0.3) is 5.56 Å². The molecule has 2 aliphatic rings. The fourth-order valence-corrected chi connectivity index (χ4v) is 5.47. The van der Waals surface area contributed by atoms with Gasteiger partial charge in [-0.2, -0.15) is 4.31 Å². The summed E-state index contributed by atoms with van der Waals surface area (Å²) in [7, 11) is -3.49. The maximum atomic E-state index is 13.0. The Labute approximate surface area is 141 Å². The number of rotatable bonds is 2. The minimum Gasteiger partial charge on any atom is -0.312 e. The minimum absolute atomic E-state index is 0.0111. The van der Waals surface area contributed by atoms with Gasteiger partial charge in [-0.1, -0.05) is 23.8 Å². The van der Waals surface area contributed by atoms with Crippen LogP contribution in [0.3, 0.4) is 0 Å². The van der Waals surface area contributed by atoms with E-state index in [1.807, 2.05) is 29.7 Å². The molecule has 2 atom stereocenters. The zero-order valence-corrected chi connectivity index (χ0v) is 14.4. The number of aryl methyl sites for hydroxylation is 1. The SMILES string of the molecule is Cc1ccc(S(=O)(=O)N2C[C@@H]3C[C@H](C2)c2cccc(=O)n2C3)cc1. The number of pyridine rings is 1. The smallest absolute Gasteiger partial charge is 0.250 e. The first-order valence-corrected chi connectivity index (χ1v) is 9.66. The van der Waals surface area contributed by atoms with E-state index in [-0.39, 0.29) is 17.4 Å². The Bertz CT molecular complexity index is 931. The molecule has 0 N–H and O–H groups in total. The molecule has 24 heavy (non-hydrogen) atoms. The van der Waals surface area contributed by atoms with Crippen molar-refractivity contribution in [2.24, 2.45) is 5.92 Å². The molecular weight excluding hydrogens is 324 g/mol. The lowest BCUT2D eigenvalue weighted by Crippen LogP contribution is -2.48. The third kappa shape index (κ3) is 2.50. The molecule has 0 aliphatic carbocycles. The van der Waals surface area contributed by atoms with Crippen molar-refractivity contribution in [3.63, 3.8) is 0 Å². The van der Waals surface area contributed by atoms with E-state index in [2.05, 4.69) is 0 Å². The van der Waals surface area contributed by atoms with Gasteiger partial charge in [0, 0.05) is 37.3 Å². The average molecular weight is 344 g/mol. The normalized spacial score (nSPS) is 23.7. The highest BCUT2D eigenvalue weighted by atomic mass is 32.2. The van der Waals surface area contributed by atoms with Gasteiger partial charge in [0.2, 0.25) is 10.0 Å². The van der Waals surface area contributed by atoms with E-state index in [1.165, 1.54) is 0 Å². The zero-order chi connectivity index (χ0) is 16.9. The molecule has 3 heterocycles. The summed E-state index contributed by atoms with van der Waals surface area (Å²) in [6.07, 6.45) is 0.948. The number of benzene rings is 1. The number of fused-ring (bicyclic) bond motifs is 4. The average Bonchev–Trinajstić information content (AvgIpc) is 2.56. The maximum absolute atomic E-state index is 13.0. The highest BCUT2D eigenvalue weighted by Crippen LogP contribution is 2.37. The molecule has 0 spiro atoms. The number of piperidine rings is 1. The summed E-state index contributed by atoms with van der Waals surface area (Å²) in [6, 6.07) is 12.3. The van der Waals surface area contributed by atoms with Crippen molar-refractivity contribution >= 4 is 10.0 Å². The zero-order valence-electron chi connectivity index (χ0n) is 13.6. The largest absolute Gasteiger partial charge is 0.312 e. The van der Waals surface area contributed by atoms with Gasteiger partial charge in [0.1, 0.15) is 0 Å². The number of hydrogen-bond acceptors (Lipinski definition) is 3. The van der Waals surface area contributed by atoms with Crippen LogP contribution >= 0.6 is 0 Å². The lowest BCUT2D eigenvalue weighted by atomic mass is 9.84. The van der Waals surface area contributed by atoms with E-state index in [4.69, 9.17) is 0 Å². The van der Waals surface area contributed by atoms with E-state index in [1.54, 1.807) is 28.6 Å². The van der Waals surface area contributed by atoms with Crippen LogP contribution in [0.4, 0.5) is 0 Å². The van der Waals surface area contributed by atoms with Gasteiger partial charge in [0.05, 0.1) is 4.90 Å². The van der Waals surface area contributed by atoms with Crippen molar-refractivity contribution < 1.29 is 8.42 Å². The molecule has 2 aromatic rings. The summed E-state index contributed by atoms with van der Waals surface area (Å²) in [5, 5.41) is 0. The van der Waals surface area contributed by atoms with E-state index in [0.717, 1.165) is 17.7 Å². The molecule has 1 aromatic carbocycles. The van der Waals surface area contributed by atoms with Crippen LogP contribution in [0.15, 0.2) is 52.2 Å². The summed E-state index contributed by atoms with van der Waals surface area (Å²) in [4.78, 5) is 12.4. The lowest BCUT2D eigenvalue weighted by molar-refractivity contribution is 0.186. The van der Waals surface area contributed by atoms with Crippen molar-refractivity contribution in [3.05, 3.63) is 64.1 Å². The van der Waals surface area contributed by atoms with Crippen molar-refractivity contribution in [2.75, 3.05) is 13.1 Å². The van der Waals surface area contributed by atoms with E-state index in [9.17, 15) is 13.2 Å². The molecule has 126 valence electrons. The Morgan fingerprint density at radius 3 is 2.50 bits per heavy atom. The second-order valence-corrected chi connectivity index (χ2v) is 8.77. The van der Waals surface area contributed by atoms with Crippen LogP contribution in [0.1, 0.15) is 23.6 Å². The predicted molar refractivity (Wildman–Crippen MR) is 91.5 cm³/mol. The van der Waals surface area contributed by atoms with E-state index >= 15 is 0 Å². The monoisotopic (exact) mass is 344 g/mol. The quantitative estimate of drug-likeness (QED) is 0.837. The number of aromatic nitrogens is 1. The van der Waals surface area contributed by atoms with Gasteiger partial charge in [-0.15, -0.1) is 0 Å². The second kappa shape index (κ2) is 5.57.